The summed E-state index contributed by atoms with van der Waals surface area (Å²) in [7, 11) is 0. The maximum atomic E-state index is 12.2. The molecule has 0 radical (unpaired) electrons. The van der Waals surface area contributed by atoms with Gasteiger partial charge in [-0.2, -0.15) is 0 Å². The van der Waals surface area contributed by atoms with Crippen molar-refractivity contribution in [3.8, 4) is 0 Å². The normalized spacial score (nSPS) is 26.0. The molecule has 0 aromatic carbocycles. The average Bonchev–Trinajstić information content (AvgIpc) is 2.94. The van der Waals surface area contributed by atoms with Gasteiger partial charge in [0.2, 0.25) is 5.91 Å². The third kappa shape index (κ3) is 3.81. The van der Waals surface area contributed by atoms with Crippen molar-refractivity contribution in [2.24, 2.45) is 11.7 Å². The number of amidine groups is 1. The molecule has 10 nitrogen and oxygen atoms in total. The molecule has 2 amide bonds. The molecule has 0 aliphatic carbocycles. The van der Waals surface area contributed by atoms with Gasteiger partial charge >= 0.3 is 12.1 Å². The number of aliphatic hydroxyl groups is 1. The number of carbonyl (C=O) groups is 3. The summed E-state index contributed by atoms with van der Waals surface area (Å²) in [6, 6.07) is -0.322. The Kier molecular flexibility index (Phi) is 5.84. The van der Waals surface area contributed by atoms with Crippen molar-refractivity contribution in [2.45, 2.75) is 44.4 Å². The molecular weight excluding hydrogens is 388 g/mol. The highest BCUT2D eigenvalue weighted by Gasteiger charge is 2.56. The smallest absolute Gasteiger partial charge is 0.404 e. The van der Waals surface area contributed by atoms with Gasteiger partial charge in [-0.15, -0.1) is 11.8 Å². The lowest BCUT2D eigenvalue weighted by molar-refractivity contribution is -0.161. The molecule has 0 aromatic heterocycles. The van der Waals surface area contributed by atoms with Gasteiger partial charge in [-0.25, -0.2) is 9.59 Å². The molecule has 2 fully saturated rings. The lowest BCUT2D eigenvalue weighted by Gasteiger charge is -2.44. The minimum absolute atomic E-state index is 0.0294. The zero-order chi connectivity index (χ0) is 20.6. The number of piperidine rings is 1. The summed E-state index contributed by atoms with van der Waals surface area (Å²) < 4.78 is 4.98. The third-order valence-electron chi connectivity index (χ3n) is 5.38. The van der Waals surface area contributed by atoms with Crippen LogP contribution in [0, 0.1) is 11.3 Å². The Morgan fingerprint density at radius 1 is 1.39 bits per heavy atom. The number of nitrogens with one attached hydrogen (secondary N) is 1. The van der Waals surface area contributed by atoms with Crippen LogP contribution in [0.25, 0.3) is 0 Å². The van der Waals surface area contributed by atoms with Crippen LogP contribution in [0.5, 0.6) is 0 Å². The van der Waals surface area contributed by atoms with E-state index in [1.807, 2.05) is 4.90 Å². The van der Waals surface area contributed by atoms with Gasteiger partial charge in [-0.3, -0.25) is 10.2 Å². The monoisotopic (exact) mass is 412 g/mol. The number of primary amides is 1. The number of β-lactam (4-membered cyclic amide) rings is 1. The maximum absolute atomic E-state index is 12.2. The number of likely N-dealkylation sites (tertiary alicyclic amines) is 1. The Bertz CT molecular complexity index is 731. The largest absolute Gasteiger partial charge is 0.477 e. The van der Waals surface area contributed by atoms with Gasteiger partial charge in [0.05, 0.1) is 23.8 Å². The Morgan fingerprint density at radius 3 is 2.57 bits per heavy atom. The van der Waals surface area contributed by atoms with Crippen molar-refractivity contribution < 1.29 is 29.3 Å². The molecule has 0 bridgehead atoms. The van der Waals surface area contributed by atoms with Gasteiger partial charge in [0, 0.05) is 37.3 Å². The van der Waals surface area contributed by atoms with Crippen LogP contribution in [-0.4, -0.2) is 80.9 Å². The summed E-state index contributed by atoms with van der Waals surface area (Å²) in [5.74, 6) is -1.47. The minimum Gasteiger partial charge on any atom is -0.477 e. The van der Waals surface area contributed by atoms with Gasteiger partial charge in [0.15, 0.2) is 0 Å². The zero-order valence-corrected chi connectivity index (χ0v) is 16.3. The highest BCUT2D eigenvalue weighted by Crippen LogP contribution is 2.47. The predicted molar refractivity (Wildman–Crippen MR) is 101 cm³/mol. The van der Waals surface area contributed by atoms with E-state index in [-0.39, 0.29) is 29.5 Å². The minimum atomic E-state index is -1.17. The number of carboxylic acids is 1. The Morgan fingerprint density at radius 2 is 2.04 bits per heavy atom. The van der Waals surface area contributed by atoms with E-state index in [1.165, 1.54) is 23.6 Å². The molecule has 0 spiro atoms. The van der Waals surface area contributed by atoms with E-state index in [2.05, 4.69) is 0 Å². The lowest BCUT2D eigenvalue weighted by atomic mass is 9.83. The molecule has 0 aromatic rings. The lowest BCUT2D eigenvalue weighted by Crippen LogP contribution is -2.61. The first-order valence-electron chi connectivity index (χ1n) is 9.09. The Hall–Kier alpha value is -2.27. The van der Waals surface area contributed by atoms with E-state index in [1.54, 1.807) is 0 Å². The molecule has 3 aliphatic heterocycles. The number of hydrogen-bond acceptors (Lipinski definition) is 7. The standard InChI is InChI=1S/C17H24N4O6S/c1-8(22)13-10-6-11(14(16(24)25)21(10)15(13)23)28-7-12(18)20-4-2-9(3-5-20)27-17(19)26/h8-10,13,18,22H,2-7H2,1H3,(H2,19,26)(H,24,25)/t8-,10-,13-/m1/s1. The number of rotatable bonds is 6. The van der Waals surface area contributed by atoms with Crippen LogP contribution < -0.4 is 5.73 Å². The summed E-state index contributed by atoms with van der Waals surface area (Å²) in [5.41, 5.74) is 4.99. The van der Waals surface area contributed by atoms with Crippen LogP contribution in [0.2, 0.25) is 0 Å². The van der Waals surface area contributed by atoms with E-state index in [4.69, 9.17) is 15.9 Å². The highest BCUT2D eigenvalue weighted by molar-refractivity contribution is 8.03. The van der Waals surface area contributed by atoms with Gasteiger partial charge in [0.25, 0.3) is 0 Å². The fraction of sp³-hybridized carbons (Fsp3) is 0.647. The fourth-order valence-corrected chi connectivity index (χ4v) is 5.12. The number of aliphatic carboxylic acids is 1. The van der Waals surface area contributed by atoms with Gasteiger partial charge in [-0.1, -0.05) is 0 Å². The number of carboxylic acid groups (broad SMARTS) is 1. The SMILES string of the molecule is C[C@@H](O)[C@H]1C(=O)N2C(C(=O)O)=C(SCC(=N)N3CCC(OC(N)=O)CC3)C[C@H]12. The van der Waals surface area contributed by atoms with Gasteiger partial charge in [0.1, 0.15) is 17.6 Å². The molecule has 28 heavy (non-hydrogen) atoms. The number of carbonyl (C=O) groups excluding carboxylic acids is 2. The van der Waals surface area contributed by atoms with Crippen molar-refractivity contribution in [1.82, 2.24) is 9.80 Å². The number of amides is 2. The van der Waals surface area contributed by atoms with Crippen molar-refractivity contribution in [3.05, 3.63) is 10.6 Å². The summed E-state index contributed by atoms with van der Waals surface area (Å²) >= 11 is 1.25. The van der Waals surface area contributed by atoms with Crippen LogP contribution >= 0.6 is 11.8 Å². The first-order chi connectivity index (χ1) is 13.2. The summed E-state index contributed by atoms with van der Waals surface area (Å²) in [6.45, 7) is 2.64. The number of thioether (sulfide) groups is 1. The second-order valence-electron chi connectivity index (χ2n) is 7.18. The molecule has 11 heteroatoms. The molecule has 5 N–H and O–H groups in total. The van der Waals surface area contributed by atoms with Crippen LogP contribution in [0.3, 0.4) is 0 Å². The van der Waals surface area contributed by atoms with E-state index in [0.29, 0.717) is 43.1 Å². The summed E-state index contributed by atoms with van der Waals surface area (Å²) in [4.78, 5) is 38.3. The van der Waals surface area contributed by atoms with E-state index >= 15 is 0 Å². The first kappa shape index (κ1) is 20.5. The molecule has 3 rings (SSSR count). The Balaban J connectivity index is 1.57. The number of aliphatic hydroxyl groups excluding tert-OH is 1. The number of ether oxygens (including phenoxy) is 1. The van der Waals surface area contributed by atoms with Gasteiger partial charge in [-0.05, 0) is 6.92 Å². The van der Waals surface area contributed by atoms with E-state index < -0.39 is 24.1 Å². The average molecular weight is 412 g/mol. The topological polar surface area (TPSA) is 157 Å². The van der Waals surface area contributed by atoms with E-state index in [9.17, 15) is 24.6 Å². The predicted octanol–water partition coefficient (Wildman–Crippen LogP) is 0.164. The number of nitrogens with zero attached hydrogens (tertiary/aromatic N) is 2. The Labute approximate surface area is 166 Å². The third-order valence-corrected chi connectivity index (χ3v) is 6.51. The molecule has 154 valence electrons. The van der Waals surface area contributed by atoms with Crippen LogP contribution in [0.1, 0.15) is 26.2 Å². The van der Waals surface area contributed by atoms with Crippen LogP contribution in [-0.2, 0) is 14.3 Å². The quantitative estimate of drug-likeness (QED) is 0.273. The first-order valence-corrected chi connectivity index (χ1v) is 10.1. The van der Waals surface area contributed by atoms with Crippen molar-refractivity contribution in [3.63, 3.8) is 0 Å². The summed E-state index contributed by atoms with van der Waals surface area (Å²) in [6.07, 6.45) is -0.310. The molecule has 3 heterocycles. The molecular formula is C17H24N4O6S. The second kappa shape index (κ2) is 8.00. The van der Waals surface area contributed by atoms with E-state index in [0.717, 1.165) is 0 Å². The van der Waals surface area contributed by atoms with Crippen molar-refractivity contribution >= 4 is 35.6 Å². The van der Waals surface area contributed by atoms with Crippen LogP contribution in [0.4, 0.5) is 4.79 Å². The van der Waals surface area contributed by atoms with Crippen molar-refractivity contribution in [1.29, 1.82) is 5.41 Å². The zero-order valence-electron chi connectivity index (χ0n) is 15.5. The summed E-state index contributed by atoms with van der Waals surface area (Å²) in [5, 5.41) is 27.6. The number of nitrogens with two attached hydrogens (primary N) is 1. The number of hydrogen-bond donors (Lipinski definition) is 4. The fourth-order valence-electron chi connectivity index (χ4n) is 4.01. The molecule has 0 saturated carbocycles. The van der Waals surface area contributed by atoms with Crippen molar-refractivity contribution in [2.75, 3.05) is 18.8 Å². The molecule has 0 unspecified atom stereocenters. The molecule has 3 atom stereocenters. The number of fused-ring (bicyclic) bond motifs is 1. The maximum Gasteiger partial charge on any atom is 0.404 e. The van der Waals surface area contributed by atoms with Gasteiger partial charge < -0.3 is 30.5 Å². The molecule has 2 saturated heterocycles. The van der Waals surface area contributed by atoms with Crippen LogP contribution in [0.15, 0.2) is 10.6 Å². The molecule has 3 aliphatic rings. The highest BCUT2D eigenvalue weighted by atomic mass is 32.2. The second-order valence-corrected chi connectivity index (χ2v) is 8.25.